The van der Waals surface area contributed by atoms with Crippen LogP contribution in [0.15, 0.2) is 25.0 Å². The zero-order chi connectivity index (χ0) is 10.6. The molecule has 0 aliphatic carbocycles. The van der Waals surface area contributed by atoms with Crippen LogP contribution in [0.3, 0.4) is 0 Å². The Morgan fingerprint density at radius 1 is 1.36 bits per heavy atom. The van der Waals surface area contributed by atoms with E-state index in [1.807, 2.05) is 0 Å². The lowest BCUT2D eigenvalue weighted by Crippen LogP contribution is -2.13. The van der Waals surface area contributed by atoms with Crippen molar-refractivity contribution in [2.24, 2.45) is 0 Å². The van der Waals surface area contributed by atoms with Crippen molar-refractivity contribution in [3.05, 3.63) is 30.7 Å². The van der Waals surface area contributed by atoms with Gasteiger partial charge in [0.25, 0.3) is 0 Å². The van der Waals surface area contributed by atoms with E-state index in [4.69, 9.17) is 4.74 Å². The summed E-state index contributed by atoms with van der Waals surface area (Å²) in [5, 5.41) is 0. The number of aromatic nitrogens is 2. The molecule has 0 radical (unpaired) electrons. The summed E-state index contributed by atoms with van der Waals surface area (Å²) < 4.78 is 5.23. The van der Waals surface area contributed by atoms with E-state index < -0.39 is 0 Å². The first kappa shape index (κ1) is 10.7. The molecule has 1 aromatic heterocycles. The first-order chi connectivity index (χ1) is 6.54. The summed E-state index contributed by atoms with van der Waals surface area (Å²) in [6.07, 6.45) is 5.07. The van der Waals surface area contributed by atoms with Gasteiger partial charge < -0.3 is 4.74 Å². The standard InChI is InChI=1S/C11H16N2O/c1-5-6-14-10-8-12-9(7-13-10)11(2,3)4/h5,7-8H,1,6H2,2-4H3. The maximum Gasteiger partial charge on any atom is 0.232 e. The van der Waals surface area contributed by atoms with E-state index >= 15 is 0 Å². The molecule has 3 nitrogen and oxygen atoms in total. The van der Waals surface area contributed by atoms with Crippen LogP contribution in [-0.4, -0.2) is 16.6 Å². The summed E-state index contributed by atoms with van der Waals surface area (Å²) in [4.78, 5) is 8.43. The van der Waals surface area contributed by atoms with Crippen LogP contribution >= 0.6 is 0 Å². The average Bonchev–Trinajstić information content (AvgIpc) is 2.14. The molecule has 1 aromatic rings. The van der Waals surface area contributed by atoms with Crippen LogP contribution in [0, 0.1) is 0 Å². The van der Waals surface area contributed by atoms with Crippen LogP contribution in [0.25, 0.3) is 0 Å². The van der Waals surface area contributed by atoms with Gasteiger partial charge in [0.15, 0.2) is 0 Å². The van der Waals surface area contributed by atoms with E-state index in [0.717, 1.165) is 5.69 Å². The Balaban J connectivity index is 2.73. The topological polar surface area (TPSA) is 35.0 Å². The van der Waals surface area contributed by atoms with Gasteiger partial charge in [0.2, 0.25) is 5.88 Å². The molecule has 0 unspecified atom stereocenters. The molecule has 0 spiro atoms. The second-order valence-corrected chi connectivity index (χ2v) is 4.09. The Morgan fingerprint density at radius 3 is 2.50 bits per heavy atom. The summed E-state index contributed by atoms with van der Waals surface area (Å²) in [5.74, 6) is 0.540. The molecule has 0 bridgehead atoms. The van der Waals surface area contributed by atoms with Crippen LogP contribution in [0.1, 0.15) is 26.5 Å². The van der Waals surface area contributed by atoms with Gasteiger partial charge in [0.1, 0.15) is 6.61 Å². The van der Waals surface area contributed by atoms with Crippen molar-refractivity contribution >= 4 is 0 Å². The minimum absolute atomic E-state index is 0.0317. The normalized spacial score (nSPS) is 11.1. The molecular weight excluding hydrogens is 176 g/mol. The van der Waals surface area contributed by atoms with Gasteiger partial charge in [-0.05, 0) is 0 Å². The molecule has 76 valence electrons. The molecule has 0 saturated carbocycles. The lowest BCUT2D eigenvalue weighted by Gasteiger charge is -2.16. The zero-order valence-corrected chi connectivity index (χ0v) is 8.95. The van der Waals surface area contributed by atoms with Crippen molar-refractivity contribution in [3.63, 3.8) is 0 Å². The fourth-order valence-corrected chi connectivity index (χ4v) is 0.922. The van der Waals surface area contributed by atoms with Crippen molar-refractivity contribution in [2.75, 3.05) is 6.61 Å². The van der Waals surface area contributed by atoms with Crippen molar-refractivity contribution < 1.29 is 4.74 Å². The van der Waals surface area contributed by atoms with Gasteiger partial charge in [-0.3, -0.25) is 4.98 Å². The average molecular weight is 192 g/mol. The number of hydrogen-bond acceptors (Lipinski definition) is 3. The highest BCUT2D eigenvalue weighted by atomic mass is 16.5. The van der Waals surface area contributed by atoms with Crippen LogP contribution in [0.4, 0.5) is 0 Å². The highest BCUT2D eigenvalue weighted by Crippen LogP contribution is 2.19. The molecule has 0 aliphatic heterocycles. The molecule has 0 aliphatic rings. The zero-order valence-electron chi connectivity index (χ0n) is 8.95. The molecule has 1 heterocycles. The Kier molecular flexibility index (Phi) is 3.23. The first-order valence-corrected chi connectivity index (χ1v) is 4.60. The number of rotatable bonds is 3. The predicted molar refractivity (Wildman–Crippen MR) is 56.4 cm³/mol. The maximum absolute atomic E-state index is 5.23. The Morgan fingerprint density at radius 2 is 2.07 bits per heavy atom. The van der Waals surface area contributed by atoms with Crippen LogP contribution in [0.2, 0.25) is 0 Å². The van der Waals surface area contributed by atoms with Crippen molar-refractivity contribution in [3.8, 4) is 5.88 Å². The maximum atomic E-state index is 5.23. The molecule has 0 aromatic carbocycles. The second-order valence-electron chi connectivity index (χ2n) is 4.09. The summed E-state index contributed by atoms with van der Waals surface area (Å²) in [6.45, 7) is 10.3. The molecule has 1 rings (SSSR count). The van der Waals surface area contributed by atoms with E-state index in [1.54, 1.807) is 18.5 Å². The van der Waals surface area contributed by atoms with E-state index in [2.05, 4.69) is 37.3 Å². The van der Waals surface area contributed by atoms with Gasteiger partial charge >= 0.3 is 0 Å². The van der Waals surface area contributed by atoms with Crippen molar-refractivity contribution in [2.45, 2.75) is 26.2 Å². The van der Waals surface area contributed by atoms with Crippen molar-refractivity contribution in [1.82, 2.24) is 9.97 Å². The number of ether oxygens (including phenoxy) is 1. The third kappa shape index (κ3) is 2.83. The highest BCUT2D eigenvalue weighted by molar-refractivity contribution is 5.13. The van der Waals surface area contributed by atoms with Gasteiger partial charge in [-0.2, -0.15) is 0 Å². The lowest BCUT2D eigenvalue weighted by molar-refractivity contribution is 0.345. The Bertz CT molecular complexity index is 298. The Labute approximate surface area is 84.8 Å². The summed E-state index contributed by atoms with van der Waals surface area (Å²) >= 11 is 0. The van der Waals surface area contributed by atoms with Gasteiger partial charge in [-0.1, -0.05) is 33.4 Å². The SMILES string of the molecule is C=CCOc1cnc(C(C)(C)C)cn1. The van der Waals surface area contributed by atoms with Crippen LogP contribution in [0.5, 0.6) is 5.88 Å². The molecule has 0 N–H and O–H groups in total. The van der Waals surface area contributed by atoms with E-state index in [-0.39, 0.29) is 5.41 Å². The third-order valence-electron chi connectivity index (χ3n) is 1.75. The second kappa shape index (κ2) is 4.22. The fraction of sp³-hybridized carbons (Fsp3) is 0.455. The van der Waals surface area contributed by atoms with Gasteiger partial charge in [-0.25, -0.2) is 4.98 Å². The first-order valence-electron chi connectivity index (χ1n) is 4.60. The predicted octanol–water partition coefficient (Wildman–Crippen LogP) is 2.34. The molecule has 3 heteroatoms. The molecule has 0 saturated heterocycles. The van der Waals surface area contributed by atoms with Gasteiger partial charge in [0.05, 0.1) is 18.1 Å². The van der Waals surface area contributed by atoms with E-state index in [0.29, 0.717) is 12.5 Å². The lowest BCUT2D eigenvalue weighted by atomic mass is 9.93. The van der Waals surface area contributed by atoms with Gasteiger partial charge in [0, 0.05) is 5.41 Å². The minimum atomic E-state index is 0.0317. The van der Waals surface area contributed by atoms with Crippen LogP contribution < -0.4 is 4.74 Å². The number of nitrogens with zero attached hydrogens (tertiary/aromatic N) is 2. The van der Waals surface area contributed by atoms with E-state index in [9.17, 15) is 0 Å². The van der Waals surface area contributed by atoms with Crippen LogP contribution in [-0.2, 0) is 5.41 Å². The quantitative estimate of drug-likeness (QED) is 0.689. The highest BCUT2D eigenvalue weighted by Gasteiger charge is 2.15. The van der Waals surface area contributed by atoms with Gasteiger partial charge in [-0.15, -0.1) is 0 Å². The molecule has 0 amide bonds. The monoisotopic (exact) mass is 192 g/mol. The van der Waals surface area contributed by atoms with E-state index in [1.165, 1.54) is 0 Å². The minimum Gasteiger partial charge on any atom is -0.472 e. The van der Waals surface area contributed by atoms with Crippen molar-refractivity contribution in [1.29, 1.82) is 0 Å². The molecule has 0 atom stereocenters. The fourth-order valence-electron chi connectivity index (χ4n) is 0.922. The molecular formula is C11H16N2O. The summed E-state index contributed by atoms with van der Waals surface area (Å²) in [5.41, 5.74) is 0.993. The Hall–Kier alpha value is -1.38. The summed E-state index contributed by atoms with van der Waals surface area (Å²) in [7, 11) is 0. The number of hydrogen-bond donors (Lipinski definition) is 0. The summed E-state index contributed by atoms with van der Waals surface area (Å²) in [6, 6.07) is 0. The largest absolute Gasteiger partial charge is 0.472 e. The smallest absolute Gasteiger partial charge is 0.232 e. The third-order valence-corrected chi connectivity index (χ3v) is 1.75. The molecule has 14 heavy (non-hydrogen) atoms. The molecule has 0 fully saturated rings.